The normalized spacial score (nSPS) is 14.8. The zero-order chi connectivity index (χ0) is 26.7. The highest BCUT2D eigenvalue weighted by Crippen LogP contribution is 2.22. The number of hydrogen-bond donors (Lipinski definition) is 3. The highest BCUT2D eigenvalue weighted by molar-refractivity contribution is 6.02. The molecule has 1 aromatic rings. The lowest BCUT2D eigenvalue weighted by molar-refractivity contribution is -0.142. The third-order valence-electron chi connectivity index (χ3n) is 5.32. The van der Waals surface area contributed by atoms with Gasteiger partial charge in [0, 0.05) is 44.5 Å². The minimum Gasteiger partial charge on any atom is -0.466 e. The Labute approximate surface area is 234 Å². The second kappa shape index (κ2) is 17.3. The Morgan fingerprint density at radius 2 is 1.79 bits per heavy atom. The Bertz CT molecular complexity index is 962. The molecule has 1 aliphatic rings. The number of esters is 1. The van der Waals surface area contributed by atoms with E-state index in [1.807, 2.05) is 19.0 Å². The molecule has 13 nitrogen and oxygen atoms in total. The second-order valence-electron chi connectivity index (χ2n) is 8.39. The maximum atomic E-state index is 12.8. The number of nitrogens with zero attached hydrogens (tertiary/aromatic N) is 4. The topological polar surface area (TPSA) is 159 Å². The van der Waals surface area contributed by atoms with Gasteiger partial charge in [0.05, 0.1) is 13.0 Å². The van der Waals surface area contributed by atoms with Crippen LogP contribution in [0.3, 0.4) is 0 Å². The van der Waals surface area contributed by atoms with Gasteiger partial charge in [-0.05, 0) is 51.7 Å². The van der Waals surface area contributed by atoms with E-state index < -0.39 is 24.1 Å². The van der Waals surface area contributed by atoms with E-state index in [9.17, 15) is 19.2 Å². The Morgan fingerprint density at radius 3 is 2.39 bits per heavy atom. The highest BCUT2D eigenvalue weighted by Gasteiger charge is 2.33. The molecular formula is C23H37Cl2N7O6. The molecule has 15 heteroatoms. The van der Waals surface area contributed by atoms with Gasteiger partial charge < -0.3 is 35.8 Å². The Morgan fingerprint density at radius 1 is 1.13 bits per heavy atom. The molecule has 1 fully saturated rings. The summed E-state index contributed by atoms with van der Waals surface area (Å²) in [7, 11) is 5.41. The number of oxime groups is 1. The molecule has 4 N–H and O–H groups in total. The van der Waals surface area contributed by atoms with Gasteiger partial charge in [-0.15, -0.1) is 24.8 Å². The molecule has 0 aromatic heterocycles. The summed E-state index contributed by atoms with van der Waals surface area (Å²) in [5, 5.41) is 8.87. The third kappa shape index (κ3) is 11.0. The van der Waals surface area contributed by atoms with Gasteiger partial charge in [-0.1, -0.05) is 5.16 Å². The smallest absolute Gasteiger partial charge is 0.435 e. The van der Waals surface area contributed by atoms with E-state index in [4.69, 9.17) is 15.3 Å². The Balaban J connectivity index is 0.00000684. The molecule has 38 heavy (non-hydrogen) atoms. The number of nitrogens with two attached hydrogens (primary N) is 1. The minimum absolute atomic E-state index is 0. The van der Waals surface area contributed by atoms with E-state index in [1.165, 1.54) is 4.90 Å². The van der Waals surface area contributed by atoms with E-state index in [-0.39, 0.29) is 56.1 Å². The number of carbonyl (C=O) groups is 4. The zero-order valence-corrected chi connectivity index (χ0v) is 23.6. The van der Waals surface area contributed by atoms with Crippen LogP contribution < -0.4 is 21.3 Å². The minimum atomic E-state index is -0.678. The van der Waals surface area contributed by atoms with Crippen LogP contribution in [-0.2, 0) is 19.2 Å². The van der Waals surface area contributed by atoms with Crippen molar-refractivity contribution in [2.75, 3.05) is 58.8 Å². The average molecular weight is 578 g/mol. The van der Waals surface area contributed by atoms with Crippen molar-refractivity contribution in [3.63, 3.8) is 0 Å². The molecule has 214 valence electrons. The fraction of sp³-hybridized carbons (Fsp3) is 0.522. The summed E-state index contributed by atoms with van der Waals surface area (Å²) in [6.07, 6.45) is -0.133. The van der Waals surface area contributed by atoms with Gasteiger partial charge in [-0.2, -0.15) is 0 Å². The number of nitrogens with one attached hydrogen (secondary N) is 2. The molecule has 1 saturated heterocycles. The summed E-state index contributed by atoms with van der Waals surface area (Å²) in [6, 6.07) is 5.51. The standard InChI is InChI=1S/C23H35N7O6.2ClH/c1-5-35-19(31)10-12-25-22(33)26-18-11-13-30(21(18)32)17-8-6-16(7-9-17)20(24)27-36-23(34)29(4)15-14-28(2)3;;/h6-9,18H,5,10-15H2,1-4H3,(H2,24,27)(H2,25,26,33);2*1H/t18-;;/m0../s1. The summed E-state index contributed by atoms with van der Waals surface area (Å²) >= 11 is 0. The van der Waals surface area contributed by atoms with Crippen LogP contribution in [0.1, 0.15) is 25.3 Å². The fourth-order valence-electron chi connectivity index (χ4n) is 3.25. The number of amides is 4. The van der Waals surface area contributed by atoms with E-state index in [0.29, 0.717) is 37.3 Å². The summed E-state index contributed by atoms with van der Waals surface area (Å²) in [6.45, 7) is 3.67. The van der Waals surface area contributed by atoms with Crippen molar-refractivity contribution >= 4 is 60.3 Å². The lowest BCUT2D eigenvalue weighted by Gasteiger charge is -2.18. The van der Waals surface area contributed by atoms with Crippen LogP contribution in [-0.4, -0.2) is 99.6 Å². The molecule has 0 bridgehead atoms. The van der Waals surface area contributed by atoms with Crippen LogP contribution in [0.25, 0.3) is 0 Å². The van der Waals surface area contributed by atoms with Crippen LogP contribution in [0.5, 0.6) is 0 Å². The van der Waals surface area contributed by atoms with E-state index in [1.54, 1.807) is 43.1 Å². The molecule has 0 spiro atoms. The first-order valence-electron chi connectivity index (χ1n) is 11.6. The van der Waals surface area contributed by atoms with Crippen molar-refractivity contribution in [1.82, 2.24) is 20.4 Å². The number of likely N-dealkylation sites (N-methyl/N-ethyl adjacent to an activating group) is 2. The molecule has 0 unspecified atom stereocenters. The van der Waals surface area contributed by atoms with Crippen LogP contribution in [0.4, 0.5) is 15.3 Å². The maximum absolute atomic E-state index is 12.8. The van der Waals surface area contributed by atoms with Gasteiger partial charge in [-0.25, -0.2) is 9.59 Å². The lowest BCUT2D eigenvalue weighted by atomic mass is 10.2. The third-order valence-corrected chi connectivity index (χ3v) is 5.32. The number of amidine groups is 1. The molecule has 1 aliphatic heterocycles. The van der Waals surface area contributed by atoms with Crippen molar-refractivity contribution in [2.45, 2.75) is 25.8 Å². The summed E-state index contributed by atoms with van der Waals surface area (Å²) < 4.78 is 4.80. The molecule has 0 saturated carbocycles. The number of carbonyl (C=O) groups excluding carboxylic acids is 4. The summed E-state index contributed by atoms with van der Waals surface area (Å²) in [4.78, 5) is 57.9. The largest absolute Gasteiger partial charge is 0.466 e. The van der Waals surface area contributed by atoms with Gasteiger partial charge in [0.2, 0.25) is 5.91 Å². The number of ether oxygens (including phenoxy) is 1. The number of rotatable bonds is 11. The number of halogens is 2. The van der Waals surface area contributed by atoms with Crippen LogP contribution in [0, 0.1) is 0 Å². The van der Waals surface area contributed by atoms with Crippen LogP contribution >= 0.6 is 24.8 Å². The number of urea groups is 1. The molecular weight excluding hydrogens is 541 g/mol. The molecule has 0 aliphatic carbocycles. The van der Waals surface area contributed by atoms with Crippen molar-refractivity contribution in [2.24, 2.45) is 10.9 Å². The molecule has 1 heterocycles. The first-order valence-corrected chi connectivity index (χ1v) is 11.6. The SMILES string of the molecule is CCOC(=O)CCNC(=O)N[C@H]1CCN(c2ccc(C(N)=NOC(=O)N(C)CCN(C)C)cc2)C1=O.Cl.Cl. The lowest BCUT2D eigenvalue weighted by Crippen LogP contribution is -2.46. The van der Waals surface area contributed by atoms with E-state index in [0.717, 1.165) is 0 Å². The number of anilines is 1. The predicted octanol–water partition coefficient (Wildman–Crippen LogP) is 1.14. The van der Waals surface area contributed by atoms with Crippen LogP contribution in [0.2, 0.25) is 0 Å². The second-order valence-corrected chi connectivity index (χ2v) is 8.39. The number of benzene rings is 1. The van der Waals surface area contributed by atoms with Gasteiger partial charge in [0.25, 0.3) is 0 Å². The van der Waals surface area contributed by atoms with Crippen LogP contribution in [0.15, 0.2) is 29.4 Å². The first-order chi connectivity index (χ1) is 17.1. The van der Waals surface area contributed by atoms with Crippen molar-refractivity contribution in [3.05, 3.63) is 29.8 Å². The summed E-state index contributed by atoms with van der Waals surface area (Å²) in [5.74, 6) is -0.636. The quantitative estimate of drug-likeness (QED) is 0.116. The molecule has 0 radical (unpaired) electrons. The van der Waals surface area contributed by atoms with Gasteiger partial charge in [-0.3, -0.25) is 14.4 Å². The van der Waals surface area contributed by atoms with Gasteiger partial charge in [0.1, 0.15) is 6.04 Å². The van der Waals surface area contributed by atoms with E-state index >= 15 is 0 Å². The molecule has 1 atom stereocenters. The molecule has 4 amide bonds. The highest BCUT2D eigenvalue weighted by atomic mass is 35.5. The molecule has 1 aromatic carbocycles. The zero-order valence-electron chi connectivity index (χ0n) is 22.0. The first kappa shape index (κ1) is 34.7. The monoisotopic (exact) mass is 577 g/mol. The maximum Gasteiger partial charge on any atom is 0.435 e. The van der Waals surface area contributed by atoms with E-state index in [2.05, 4.69) is 15.8 Å². The summed E-state index contributed by atoms with van der Waals surface area (Å²) in [5.41, 5.74) is 7.08. The van der Waals surface area contributed by atoms with Gasteiger partial charge in [0.15, 0.2) is 5.84 Å². The Hall–Kier alpha value is -3.29. The van der Waals surface area contributed by atoms with Crippen molar-refractivity contribution in [1.29, 1.82) is 0 Å². The number of hydrogen-bond acceptors (Lipinski definition) is 8. The Kier molecular flexibility index (Phi) is 15.8. The van der Waals surface area contributed by atoms with Gasteiger partial charge >= 0.3 is 18.1 Å². The fourth-order valence-corrected chi connectivity index (χ4v) is 3.25. The predicted molar refractivity (Wildman–Crippen MR) is 148 cm³/mol. The average Bonchev–Trinajstić information content (AvgIpc) is 3.20. The van der Waals surface area contributed by atoms with Crippen molar-refractivity contribution in [3.8, 4) is 0 Å². The molecule has 2 rings (SSSR count). The van der Waals surface area contributed by atoms with Crippen molar-refractivity contribution < 1.29 is 28.8 Å².